The molecule has 1 N–H and O–H groups in total. The Morgan fingerprint density at radius 3 is 2.52 bits per heavy atom. The normalized spacial score (nSPS) is 11.1. The molecule has 0 aliphatic carbocycles. The second-order valence-electron chi connectivity index (χ2n) is 4.25. The average molecular weight is 372 g/mol. The first-order valence-corrected chi connectivity index (χ1v) is 8.41. The highest BCUT2D eigenvalue weighted by atomic mass is 79.9. The molecule has 0 aliphatic rings. The molecule has 0 bridgehead atoms. The first-order chi connectivity index (χ1) is 9.90. The summed E-state index contributed by atoms with van der Waals surface area (Å²) in [5, 5.41) is 3.28. The molecule has 0 atom stereocenters. The Balaban J connectivity index is 2.24. The van der Waals surface area contributed by atoms with Crippen molar-refractivity contribution in [1.82, 2.24) is 0 Å². The van der Waals surface area contributed by atoms with Gasteiger partial charge in [0.05, 0.1) is 4.90 Å². The fraction of sp³-hybridized carbons (Fsp3) is 0.0714. The Bertz CT molecular complexity index is 777. The largest absolute Gasteiger partial charge is 0.332 e. The molecule has 0 aliphatic heterocycles. The van der Waals surface area contributed by atoms with Crippen LogP contribution in [0.3, 0.4) is 0 Å². The predicted octanol–water partition coefficient (Wildman–Crippen LogP) is 3.49. The third-order valence-corrected chi connectivity index (χ3v) is 4.18. The van der Waals surface area contributed by atoms with Crippen molar-refractivity contribution in [3.8, 4) is 0 Å². The lowest BCUT2D eigenvalue weighted by Crippen LogP contribution is -2.12. The highest BCUT2D eigenvalue weighted by Crippen LogP contribution is 2.17. The van der Waals surface area contributed by atoms with Gasteiger partial charge in [0.2, 0.25) is 0 Å². The third kappa shape index (κ3) is 4.12. The van der Waals surface area contributed by atoms with Crippen LogP contribution in [0.15, 0.2) is 53.4 Å². The van der Waals surface area contributed by atoms with Gasteiger partial charge in [-0.1, -0.05) is 34.1 Å². The van der Waals surface area contributed by atoms with Crippen molar-refractivity contribution in [3.05, 3.63) is 59.7 Å². The molecule has 0 saturated heterocycles. The summed E-state index contributed by atoms with van der Waals surface area (Å²) in [7, 11) is -4.83. The molecular weight excluding hydrogens is 361 g/mol. The van der Waals surface area contributed by atoms with Gasteiger partial charge in [0.25, 0.3) is 5.91 Å². The summed E-state index contributed by atoms with van der Waals surface area (Å²) >= 11 is 3.31. The van der Waals surface area contributed by atoms with Gasteiger partial charge < -0.3 is 5.32 Å². The van der Waals surface area contributed by atoms with Crippen LogP contribution in [0.4, 0.5) is 9.57 Å². The summed E-state index contributed by atoms with van der Waals surface area (Å²) in [4.78, 5) is 11.5. The zero-order valence-corrected chi connectivity index (χ0v) is 13.1. The Morgan fingerprint density at radius 2 is 1.86 bits per heavy atom. The molecule has 0 spiro atoms. The predicted molar refractivity (Wildman–Crippen MR) is 81.8 cm³/mol. The van der Waals surface area contributed by atoms with Crippen molar-refractivity contribution >= 4 is 37.7 Å². The molecule has 2 rings (SSSR count). The van der Waals surface area contributed by atoms with Crippen molar-refractivity contribution in [1.29, 1.82) is 0 Å². The van der Waals surface area contributed by atoms with Gasteiger partial charge in [0.15, 0.2) is 0 Å². The molecule has 2 aromatic rings. The summed E-state index contributed by atoms with van der Waals surface area (Å²) in [6.07, 6.45) is 0. The molecule has 21 heavy (non-hydrogen) atoms. The van der Waals surface area contributed by atoms with Gasteiger partial charge in [-0.15, -0.1) is 3.89 Å². The van der Waals surface area contributed by atoms with E-state index in [0.29, 0.717) is 11.0 Å². The van der Waals surface area contributed by atoms with E-state index in [1.54, 1.807) is 18.2 Å². The maximum Gasteiger partial charge on any atom is 0.332 e. The standard InChI is InChI=1S/C14H11BrFNO3S/c15-9-10-3-1-5-12(7-10)17-14(18)11-4-2-6-13(8-11)21(16,19)20/h1-8H,9H2,(H,17,18). The SMILES string of the molecule is O=C(Nc1cccc(CBr)c1)c1cccc(S(=O)(=O)F)c1. The van der Waals surface area contributed by atoms with E-state index in [4.69, 9.17) is 0 Å². The number of amides is 1. The van der Waals surface area contributed by atoms with Crippen LogP contribution in [0, 0.1) is 0 Å². The van der Waals surface area contributed by atoms with Gasteiger partial charge in [0.1, 0.15) is 0 Å². The van der Waals surface area contributed by atoms with Crippen molar-refractivity contribution in [3.63, 3.8) is 0 Å². The van der Waals surface area contributed by atoms with Gasteiger partial charge in [-0.05, 0) is 35.9 Å². The molecule has 7 heteroatoms. The number of alkyl halides is 1. The molecule has 0 radical (unpaired) electrons. The van der Waals surface area contributed by atoms with E-state index in [1.807, 2.05) is 6.07 Å². The van der Waals surface area contributed by atoms with E-state index in [9.17, 15) is 17.1 Å². The second kappa shape index (κ2) is 6.36. The molecule has 110 valence electrons. The van der Waals surface area contributed by atoms with Gasteiger partial charge in [-0.3, -0.25) is 4.79 Å². The maximum absolute atomic E-state index is 12.9. The number of benzene rings is 2. The lowest BCUT2D eigenvalue weighted by atomic mass is 10.2. The Morgan fingerprint density at radius 1 is 1.14 bits per heavy atom. The van der Waals surface area contributed by atoms with E-state index < -0.39 is 21.0 Å². The maximum atomic E-state index is 12.9. The topological polar surface area (TPSA) is 63.2 Å². The molecule has 2 aromatic carbocycles. The number of rotatable bonds is 4. The van der Waals surface area contributed by atoms with Crippen LogP contribution >= 0.6 is 15.9 Å². The Labute approximate surface area is 130 Å². The van der Waals surface area contributed by atoms with Crippen molar-refractivity contribution in [2.24, 2.45) is 0 Å². The Hall–Kier alpha value is -1.73. The molecule has 0 heterocycles. The summed E-state index contributed by atoms with van der Waals surface area (Å²) in [6.45, 7) is 0. The van der Waals surface area contributed by atoms with E-state index in [0.717, 1.165) is 17.7 Å². The lowest BCUT2D eigenvalue weighted by Gasteiger charge is -2.07. The number of carbonyl (C=O) groups is 1. The smallest absolute Gasteiger partial charge is 0.322 e. The van der Waals surface area contributed by atoms with Crippen LogP contribution < -0.4 is 5.32 Å². The van der Waals surface area contributed by atoms with Gasteiger partial charge in [0, 0.05) is 16.6 Å². The van der Waals surface area contributed by atoms with E-state index >= 15 is 0 Å². The van der Waals surface area contributed by atoms with Crippen LogP contribution in [0.1, 0.15) is 15.9 Å². The molecule has 0 aromatic heterocycles. The molecule has 0 saturated carbocycles. The average Bonchev–Trinajstić information content (AvgIpc) is 2.46. The van der Waals surface area contributed by atoms with Crippen LogP contribution in [-0.2, 0) is 15.6 Å². The number of nitrogens with one attached hydrogen (secondary N) is 1. The number of anilines is 1. The summed E-state index contributed by atoms with van der Waals surface area (Å²) in [5.74, 6) is -0.507. The van der Waals surface area contributed by atoms with Gasteiger partial charge in [-0.25, -0.2) is 0 Å². The van der Waals surface area contributed by atoms with Crippen molar-refractivity contribution in [2.75, 3.05) is 5.32 Å². The minimum atomic E-state index is -4.83. The first kappa shape index (κ1) is 15.7. The third-order valence-electron chi connectivity index (χ3n) is 2.72. The molecule has 4 nitrogen and oxygen atoms in total. The molecule has 0 unspecified atom stereocenters. The molecular formula is C14H11BrFNO3S. The zero-order chi connectivity index (χ0) is 15.5. The minimum Gasteiger partial charge on any atom is -0.322 e. The number of halogens is 2. The number of hydrogen-bond donors (Lipinski definition) is 1. The fourth-order valence-corrected chi connectivity index (χ4v) is 2.58. The van der Waals surface area contributed by atoms with E-state index in [1.165, 1.54) is 12.1 Å². The number of carbonyl (C=O) groups excluding carboxylic acids is 1. The first-order valence-electron chi connectivity index (χ1n) is 5.91. The number of hydrogen-bond acceptors (Lipinski definition) is 3. The van der Waals surface area contributed by atoms with E-state index in [-0.39, 0.29) is 5.56 Å². The highest BCUT2D eigenvalue weighted by molar-refractivity contribution is 9.08. The molecule has 0 fully saturated rings. The van der Waals surface area contributed by atoms with Crippen molar-refractivity contribution < 1.29 is 17.1 Å². The summed E-state index contributed by atoms with van der Waals surface area (Å²) in [5.41, 5.74) is 1.62. The quantitative estimate of drug-likeness (QED) is 0.660. The van der Waals surface area contributed by atoms with Crippen LogP contribution in [-0.4, -0.2) is 14.3 Å². The lowest BCUT2D eigenvalue weighted by molar-refractivity contribution is 0.102. The van der Waals surface area contributed by atoms with Crippen LogP contribution in [0.25, 0.3) is 0 Å². The van der Waals surface area contributed by atoms with Crippen molar-refractivity contribution in [2.45, 2.75) is 10.2 Å². The summed E-state index contributed by atoms with van der Waals surface area (Å²) < 4.78 is 34.6. The van der Waals surface area contributed by atoms with Gasteiger partial charge in [-0.2, -0.15) is 8.42 Å². The van der Waals surface area contributed by atoms with Gasteiger partial charge >= 0.3 is 10.2 Å². The minimum absolute atomic E-state index is 0.0676. The Kier molecular flexibility index (Phi) is 4.74. The van der Waals surface area contributed by atoms with Crippen LogP contribution in [0.2, 0.25) is 0 Å². The van der Waals surface area contributed by atoms with Crippen LogP contribution in [0.5, 0.6) is 0 Å². The molecule has 1 amide bonds. The fourth-order valence-electron chi connectivity index (χ4n) is 1.72. The second-order valence-corrected chi connectivity index (χ2v) is 6.16. The zero-order valence-electron chi connectivity index (χ0n) is 10.7. The van der Waals surface area contributed by atoms with E-state index in [2.05, 4.69) is 21.2 Å². The highest BCUT2D eigenvalue weighted by Gasteiger charge is 2.14. The summed E-state index contributed by atoms with van der Waals surface area (Å²) in [6, 6.07) is 12.0. The monoisotopic (exact) mass is 371 g/mol.